The SMILES string of the molecule is O=C(Oc1ccccc1)Sc1ccc(Cl)cc1. The van der Waals surface area contributed by atoms with Crippen LogP contribution in [0.2, 0.25) is 5.02 Å². The average Bonchev–Trinajstić information content (AvgIpc) is 2.33. The van der Waals surface area contributed by atoms with Crippen LogP contribution in [0.4, 0.5) is 4.79 Å². The highest BCUT2D eigenvalue weighted by Gasteiger charge is 2.06. The van der Waals surface area contributed by atoms with E-state index < -0.39 is 0 Å². The monoisotopic (exact) mass is 264 g/mol. The Morgan fingerprint density at radius 1 is 1.00 bits per heavy atom. The highest BCUT2D eigenvalue weighted by Crippen LogP contribution is 2.23. The number of benzene rings is 2. The van der Waals surface area contributed by atoms with E-state index in [1.165, 1.54) is 0 Å². The fourth-order valence-corrected chi connectivity index (χ4v) is 1.93. The van der Waals surface area contributed by atoms with E-state index in [1.54, 1.807) is 36.4 Å². The van der Waals surface area contributed by atoms with Crippen molar-refractivity contribution < 1.29 is 9.53 Å². The first-order valence-electron chi connectivity index (χ1n) is 4.94. The molecule has 0 radical (unpaired) electrons. The number of carbonyl (C=O) groups excluding carboxylic acids is 1. The predicted octanol–water partition coefficient (Wildman–Crippen LogP) is 4.63. The number of ether oxygens (including phenoxy) is 1. The summed E-state index contributed by atoms with van der Waals surface area (Å²) >= 11 is 6.78. The van der Waals surface area contributed by atoms with Crippen LogP contribution in [0.1, 0.15) is 0 Å². The van der Waals surface area contributed by atoms with E-state index in [-0.39, 0.29) is 5.30 Å². The number of thioether (sulfide) groups is 1. The molecule has 4 heteroatoms. The summed E-state index contributed by atoms with van der Waals surface area (Å²) in [5.74, 6) is 0.541. The van der Waals surface area contributed by atoms with E-state index in [2.05, 4.69) is 0 Å². The molecule has 2 aromatic rings. The number of hydrogen-bond donors (Lipinski definition) is 0. The summed E-state index contributed by atoms with van der Waals surface area (Å²) in [6.07, 6.45) is 0. The highest BCUT2D eigenvalue weighted by molar-refractivity contribution is 8.13. The Balaban J connectivity index is 1.96. The summed E-state index contributed by atoms with van der Waals surface area (Å²) in [5, 5.41) is 0.282. The minimum atomic E-state index is -0.362. The molecule has 17 heavy (non-hydrogen) atoms. The third kappa shape index (κ3) is 3.80. The van der Waals surface area contributed by atoms with Crippen molar-refractivity contribution in [1.82, 2.24) is 0 Å². The van der Waals surface area contributed by atoms with Crippen molar-refractivity contribution in [2.24, 2.45) is 0 Å². The summed E-state index contributed by atoms with van der Waals surface area (Å²) in [5.41, 5.74) is 0. The number of halogens is 1. The molecule has 0 amide bonds. The van der Waals surface area contributed by atoms with Crippen LogP contribution in [0.15, 0.2) is 59.5 Å². The molecule has 0 saturated heterocycles. The zero-order chi connectivity index (χ0) is 12.1. The Morgan fingerprint density at radius 3 is 2.29 bits per heavy atom. The Labute approximate surface area is 109 Å². The number of carbonyl (C=O) groups is 1. The third-order valence-electron chi connectivity index (χ3n) is 1.96. The minimum Gasteiger partial charge on any atom is -0.418 e. The van der Waals surface area contributed by atoms with Crippen molar-refractivity contribution in [2.45, 2.75) is 4.90 Å². The second-order valence-electron chi connectivity index (χ2n) is 3.22. The molecule has 2 rings (SSSR count). The van der Waals surface area contributed by atoms with Crippen molar-refractivity contribution in [1.29, 1.82) is 0 Å². The van der Waals surface area contributed by atoms with Crippen LogP contribution in [0.25, 0.3) is 0 Å². The van der Waals surface area contributed by atoms with Gasteiger partial charge in [-0.25, -0.2) is 4.79 Å². The highest BCUT2D eigenvalue weighted by atomic mass is 35.5. The first kappa shape index (κ1) is 12.0. The van der Waals surface area contributed by atoms with Gasteiger partial charge in [0, 0.05) is 9.92 Å². The minimum absolute atomic E-state index is 0.362. The normalized spacial score (nSPS) is 9.94. The Kier molecular flexibility index (Phi) is 4.07. The summed E-state index contributed by atoms with van der Waals surface area (Å²) < 4.78 is 5.14. The van der Waals surface area contributed by atoms with Gasteiger partial charge in [-0.1, -0.05) is 29.8 Å². The molecule has 0 aliphatic carbocycles. The first-order valence-corrected chi connectivity index (χ1v) is 6.14. The molecule has 0 unspecified atom stereocenters. The molecule has 86 valence electrons. The predicted molar refractivity (Wildman–Crippen MR) is 69.8 cm³/mol. The van der Waals surface area contributed by atoms with Crippen LogP contribution < -0.4 is 4.74 Å². The van der Waals surface area contributed by atoms with Crippen molar-refractivity contribution >= 4 is 28.7 Å². The van der Waals surface area contributed by atoms with E-state index in [1.807, 2.05) is 18.2 Å². The number of hydrogen-bond acceptors (Lipinski definition) is 3. The quantitative estimate of drug-likeness (QED) is 0.584. The van der Waals surface area contributed by atoms with E-state index in [9.17, 15) is 4.79 Å². The summed E-state index contributed by atoms with van der Waals surface area (Å²) in [4.78, 5) is 12.4. The molecule has 0 aromatic heterocycles. The van der Waals surface area contributed by atoms with Gasteiger partial charge in [0.2, 0.25) is 0 Å². The lowest BCUT2D eigenvalue weighted by atomic mass is 10.3. The molecule has 0 saturated carbocycles. The van der Waals surface area contributed by atoms with Crippen molar-refractivity contribution in [2.75, 3.05) is 0 Å². The van der Waals surface area contributed by atoms with Crippen LogP contribution in [-0.4, -0.2) is 5.30 Å². The van der Waals surface area contributed by atoms with E-state index in [4.69, 9.17) is 16.3 Å². The molecule has 0 spiro atoms. The third-order valence-corrected chi connectivity index (χ3v) is 2.97. The fourth-order valence-electron chi connectivity index (χ4n) is 1.20. The lowest BCUT2D eigenvalue weighted by Crippen LogP contribution is -1.99. The topological polar surface area (TPSA) is 26.3 Å². The van der Waals surface area contributed by atoms with Gasteiger partial charge in [0.25, 0.3) is 0 Å². The van der Waals surface area contributed by atoms with Gasteiger partial charge in [0.15, 0.2) is 0 Å². The molecule has 2 nitrogen and oxygen atoms in total. The maximum atomic E-state index is 11.6. The van der Waals surface area contributed by atoms with Crippen molar-refractivity contribution in [3.63, 3.8) is 0 Å². The van der Waals surface area contributed by atoms with Crippen LogP contribution in [0.3, 0.4) is 0 Å². The molecule has 0 aliphatic rings. The van der Waals surface area contributed by atoms with Crippen LogP contribution in [-0.2, 0) is 0 Å². The molecule has 0 aliphatic heterocycles. The van der Waals surface area contributed by atoms with Crippen molar-refractivity contribution in [3.8, 4) is 5.75 Å². The molecule has 0 atom stereocenters. The van der Waals surface area contributed by atoms with Gasteiger partial charge < -0.3 is 4.74 Å². The second kappa shape index (κ2) is 5.75. The maximum Gasteiger partial charge on any atom is 0.377 e. The zero-order valence-electron chi connectivity index (χ0n) is 8.80. The van der Waals surface area contributed by atoms with Crippen molar-refractivity contribution in [3.05, 3.63) is 59.6 Å². The largest absolute Gasteiger partial charge is 0.418 e. The molecule has 0 fully saturated rings. The summed E-state index contributed by atoms with van der Waals surface area (Å²) in [6.45, 7) is 0. The molecule has 0 heterocycles. The molecule has 0 N–H and O–H groups in total. The van der Waals surface area contributed by atoms with Crippen LogP contribution in [0, 0.1) is 0 Å². The van der Waals surface area contributed by atoms with E-state index >= 15 is 0 Å². The molecule has 0 bridgehead atoms. The fraction of sp³-hybridized carbons (Fsp3) is 0. The standard InChI is InChI=1S/C13H9ClO2S/c14-10-6-8-12(9-7-10)17-13(15)16-11-4-2-1-3-5-11/h1-9H. The van der Waals surface area contributed by atoms with Gasteiger partial charge in [0.05, 0.1) is 0 Å². The molecular weight excluding hydrogens is 256 g/mol. The Bertz CT molecular complexity index is 497. The van der Waals surface area contributed by atoms with Gasteiger partial charge in [0.1, 0.15) is 5.75 Å². The van der Waals surface area contributed by atoms with Gasteiger partial charge in [-0.3, -0.25) is 0 Å². The zero-order valence-corrected chi connectivity index (χ0v) is 10.4. The second-order valence-corrected chi connectivity index (χ2v) is 4.67. The molecular formula is C13H9ClO2S. The van der Waals surface area contributed by atoms with Gasteiger partial charge >= 0.3 is 5.30 Å². The molecule has 2 aromatic carbocycles. The lowest BCUT2D eigenvalue weighted by Gasteiger charge is -2.03. The Hall–Kier alpha value is -1.45. The average molecular weight is 265 g/mol. The van der Waals surface area contributed by atoms with Gasteiger partial charge in [-0.15, -0.1) is 0 Å². The lowest BCUT2D eigenvalue weighted by molar-refractivity contribution is 0.227. The smallest absolute Gasteiger partial charge is 0.377 e. The van der Waals surface area contributed by atoms with Crippen LogP contribution >= 0.6 is 23.4 Å². The summed E-state index contributed by atoms with van der Waals surface area (Å²) in [7, 11) is 0. The first-order chi connectivity index (χ1) is 8.24. The van der Waals surface area contributed by atoms with E-state index in [0.717, 1.165) is 16.7 Å². The van der Waals surface area contributed by atoms with Gasteiger partial charge in [-0.05, 0) is 48.2 Å². The van der Waals surface area contributed by atoms with Gasteiger partial charge in [-0.2, -0.15) is 0 Å². The van der Waals surface area contributed by atoms with E-state index in [0.29, 0.717) is 10.8 Å². The maximum absolute atomic E-state index is 11.6. The number of para-hydroxylation sites is 1. The summed E-state index contributed by atoms with van der Waals surface area (Å²) in [6, 6.07) is 16.0. The Morgan fingerprint density at radius 2 is 1.65 bits per heavy atom. The number of rotatable bonds is 2. The van der Waals surface area contributed by atoms with Crippen LogP contribution in [0.5, 0.6) is 5.75 Å².